The van der Waals surface area contributed by atoms with Crippen LogP contribution in [-0.2, 0) is 13.1 Å². The number of nitrogens with zero attached hydrogens (tertiary/aromatic N) is 1. The second kappa shape index (κ2) is 5.80. The van der Waals surface area contributed by atoms with E-state index < -0.39 is 0 Å². The second-order valence-corrected chi connectivity index (χ2v) is 6.30. The van der Waals surface area contributed by atoms with Crippen molar-refractivity contribution in [2.24, 2.45) is 0 Å². The van der Waals surface area contributed by atoms with E-state index in [2.05, 4.69) is 70.5 Å². The Bertz CT molecular complexity index is 492. The van der Waals surface area contributed by atoms with Crippen LogP contribution in [0.3, 0.4) is 0 Å². The van der Waals surface area contributed by atoms with Gasteiger partial charge in [0.15, 0.2) is 0 Å². The molecule has 0 saturated carbocycles. The number of benzene rings is 1. The van der Waals surface area contributed by atoms with Crippen LogP contribution in [0, 0.1) is 6.92 Å². The van der Waals surface area contributed by atoms with Crippen LogP contribution in [0.25, 0.3) is 0 Å². The Morgan fingerprint density at radius 2 is 2.06 bits per heavy atom. The van der Waals surface area contributed by atoms with E-state index in [1.54, 1.807) is 11.3 Å². The molecule has 0 fully saturated rings. The Labute approximate surface area is 115 Å². The van der Waals surface area contributed by atoms with E-state index in [0.29, 0.717) is 0 Å². The third-order valence-electron chi connectivity index (χ3n) is 2.58. The molecule has 0 bridgehead atoms. The largest absolute Gasteiger partial charge is 0.297 e. The Balaban J connectivity index is 1.95. The van der Waals surface area contributed by atoms with Gasteiger partial charge >= 0.3 is 0 Å². The maximum Gasteiger partial charge on any atom is 0.0328 e. The van der Waals surface area contributed by atoms with Gasteiger partial charge < -0.3 is 0 Å². The summed E-state index contributed by atoms with van der Waals surface area (Å²) in [6, 6.07) is 10.9. The van der Waals surface area contributed by atoms with Crippen molar-refractivity contribution in [1.29, 1.82) is 0 Å². The molecule has 90 valence electrons. The van der Waals surface area contributed by atoms with Crippen molar-refractivity contribution >= 4 is 27.3 Å². The molecule has 1 aromatic heterocycles. The SMILES string of the molecule is Cc1cccc(CN(C)Cc2cc(Br)cs2)c1. The maximum absolute atomic E-state index is 3.49. The molecule has 0 spiro atoms. The number of thiophene rings is 1. The first kappa shape index (κ1) is 12.8. The van der Waals surface area contributed by atoms with Gasteiger partial charge in [0.05, 0.1) is 0 Å². The van der Waals surface area contributed by atoms with E-state index in [9.17, 15) is 0 Å². The lowest BCUT2D eigenvalue weighted by atomic mass is 10.1. The molecule has 0 aliphatic heterocycles. The smallest absolute Gasteiger partial charge is 0.0328 e. The highest BCUT2D eigenvalue weighted by Gasteiger charge is 2.04. The molecule has 0 radical (unpaired) electrons. The molecule has 3 heteroatoms. The first-order valence-electron chi connectivity index (χ1n) is 5.60. The van der Waals surface area contributed by atoms with Crippen LogP contribution in [0.1, 0.15) is 16.0 Å². The lowest BCUT2D eigenvalue weighted by molar-refractivity contribution is 0.322. The van der Waals surface area contributed by atoms with Crippen molar-refractivity contribution in [1.82, 2.24) is 4.90 Å². The van der Waals surface area contributed by atoms with Crippen LogP contribution in [0.15, 0.2) is 40.2 Å². The van der Waals surface area contributed by atoms with Crippen molar-refractivity contribution in [2.45, 2.75) is 20.0 Å². The molecular formula is C14H16BrNS. The van der Waals surface area contributed by atoms with Crippen molar-refractivity contribution in [3.05, 3.63) is 56.2 Å². The zero-order valence-corrected chi connectivity index (χ0v) is 12.5. The summed E-state index contributed by atoms with van der Waals surface area (Å²) in [7, 11) is 2.16. The fourth-order valence-electron chi connectivity index (χ4n) is 1.88. The van der Waals surface area contributed by atoms with E-state index in [-0.39, 0.29) is 0 Å². The van der Waals surface area contributed by atoms with Crippen LogP contribution in [0.4, 0.5) is 0 Å². The number of rotatable bonds is 4. The predicted octanol–water partition coefficient (Wildman–Crippen LogP) is 4.45. The molecule has 0 amide bonds. The fraction of sp³-hybridized carbons (Fsp3) is 0.286. The topological polar surface area (TPSA) is 3.24 Å². The normalized spacial score (nSPS) is 11.1. The van der Waals surface area contributed by atoms with Crippen LogP contribution in [0.2, 0.25) is 0 Å². The molecular weight excluding hydrogens is 294 g/mol. The fourth-order valence-corrected chi connectivity index (χ4v) is 3.41. The quantitative estimate of drug-likeness (QED) is 0.806. The van der Waals surface area contributed by atoms with Crippen LogP contribution in [-0.4, -0.2) is 11.9 Å². The first-order chi connectivity index (χ1) is 8.13. The molecule has 0 atom stereocenters. The predicted molar refractivity (Wildman–Crippen MR) is 78.4 cm³/mol. The van der Waals surface area contributed by atoms with Gasteiger partial charge in [-0.25, -0.2) is 0 Å². The lowest BCUT2D eigenvalue weighted by Crippen LogP contribution is -2.16. The molecule has 2 aromatic rings. The minimum Gasteiger partial charge on any atom is -0.297 e. The standard InChI is InChI=1S/C14H16BrNS/c1-11-4-3-5-12(6-11)8-16(2)9-14-7-13(15)10-17-14/h3-7,10H,8-9H2,1-2H3. The van der Waals surface area contributed by atoms with Gasteiger partial charge in [-0.2, -0.15) is 0 Å². The van der Waals surface area contributed by atoms with E-state index in [4.69, 9.17) is 0 Å². The summed E-state index contributed by atoms with van der Waals surface area (Å²) in [6.45, 7) is 4.14. The van der Waals surface area contributed by atoms with Crippen LogP contribution >= 0.6 is 27.3 Å². The lowest BCUT2D eigenvalue weighted by Gasteiger charge is -2.15. The highest BCUT2D eigenvalue weighted by molar-refractivity contribution is 9.10. The zero-order chi connectivity index (χ0) is 12.3. The van der Waals surface area contributed by atoms with Gasteiger partial charge in [0.2, 0.25) is 0 Å². The number of halogens is 1. The Morgan fingerprint density at radius 1 is 1.24 bits per heavy atom. The molecule has 1 nitrogen and oxygen atoms in total. The van der Waals surface area contributed by atoms with E-state index in [1.165, 1.54) is 20.5 Å². The molecule has 0 saturated heterocycles. The third-order valence-corrected chi connectivity index (χ3v) is 4.26. The van der Waals surface area contributed by atoms with Crippen molar-refractivity contribution < 1.29 is 0 Å². The first-order valence-corrected chi connectivity index (χ1v) is 7.28. The minimum absolute atomic E-state index is 0.997. The van der Waals surface area contributed by atoms with Crippen LogP contribution < -0.4 is 0 Å². The van der Waals surface area contributed by atoms with Gasteiger partial charge in [0, 0.05) is 27.8 Å². The van der Waals surface area contributed by atoms with Gasteiger partial charge in [-0.1, -0.05) is 29.8 Å². The summed E-state index contributed by atoms with van der Waals surface area (Å²) in [6.07, 6.45) is 0. The molecule has 1 heterocycles. The molecule has 0 aliphatic rings. The molecule has 2 rings (SSSR count). The van der Waals surface area contributed by atoms with Gasteiger partial charge in [-0.15, -0.1) is 11.3 Å². The average molecular weight is 310 g/mol. The summed E-state index contributed by atoms with van der Waals surface area (Å²) >= 11 is 5.29. The van der Waals surface area contributed by atoms with E-state index in [1.807, 2.05) is 0 Å². The van der Waals surface area contributed by atoms with Crippen LogP contribution in [0.5, 0.6) is 0 Å². The number of aryl methyl sites for hydroxylation is 1. The second-order valence-electron chi connectivity index (χ2n) is 4.39. The van der Waals surface area contributed by atoms with Gasteiger partial charge in [0.1, 0.15) is 0 Å². The van der Waals surface area contributed by atoms with Gasteiger partial charge in [-0.05, 0) is 41.5 Å². The van der Waals surface area contributed by atoms with Crippen molar-refractivity contribution in [2.75, 3.05) is 7.05 Å². The number of hydrogen-bond acceptors (Lipinski definition) is 2. The van der Waals surface area contributed by atoms with E-state index >= 15 is 0 Å². The zero-order valence-electron chi connectivity index (χ0n) is 10.1. The van der Waals surface area contributed by atoms with Gasteiger partial charge in [0.25, 0.3) is 0 Å². The summed E-state index contributed by atoms with van der Waals surface area (Å²) < 4.78 is 1.18. The van der Waals surface area contributed by atoms with Crippen molar-refractivity contribution in [3.8, 4) is 0 Å². The molecule has 0 unspecified atom stereocenters. The molecule has 1 aromatic carbocycles. The maximum atomic E-state index is 3.49. The Kier molecular flexibility index (Phi) is 4.37. The summed E-state index contributed by atoms with van der Waals surface area (Å²) in [5, 5.41) is 2.13. The average Bonchev–Trinajstić information content (AvgIpc) is 2.63. The molecule has 0 aliphatic carbocycles. The van der Waals surface area contributed by atoms with E-state index in [0.717, 1.165) is 13.1 Å². The third kappa shape index (κ3) is 3.95. The molecule has 0 N–H and O–H groups in total. The summed E-state index contributed by atoms with van der Waals surface area (Å²) in [4.78, 5) is 3.74. The minimum atomic E-state index is 0.997. The number of hydrogen-bond donors (Lipinski definition) is 0. The monoisotopic (exact) mass is 309 g/mol. The summed E-state index contributed by atoms with van der Waals surface area (Å²) in [5.74, 6) is 0. The Hall–Kier alpha value is -0.640. The molecule has 17 heavy (non-hydrogen) atoms. The van der Waals surface area contributed by atoms with Crippen molar-refractivity contribution in [3.63, 3.8) is 0 Å². The summed E-state index contributed by atoms with van der Waals surface area (Å²) in [5.41, 5.74) is 2.71. The Morgan fingerprint density at radius 3 is 2.71 bits per heavy atom. The highest BCUT2D eigenvalue weighted by atomic mass is 79.9. The highest BCUT2D eigenvalue weighted by Crippen LogP contribution is 2.21. The van der Waals surface area contributed by atoms with Gasteiger partial charge in [-0.3, -0.25) is 4.90 Å².